The molecule has 0 unspecified atom stereocenters. The molecule has 0 spiro atoms. The fourth-order valence-electron chi connectivity index (χ4n) is 3.05. The van der Waals surface area contributed by atoms with E-state index in [-0.39, 0.29) is 12.0 Å². The van der Waals surface area contributed by atoms with Crippen LogP contribution in [-0.4, -0.2) is 71.8 Å². The van der Waals surface area contributed by atoms with Gasteiger partial charge < -0.3 is 14.5 Å². The van der Waals surface area contributed by atoms with Gasteiger partial charge in [-0.05, 0) is 38.8 Å². The van der Waals surface area contributed by atoms with Crippen molar-refractivity contribution in [2.45, 2.75) is 32.3 Å². The van der Waals surface area contributed by atoms with Crippen LogP contribution >= 0.6 is 0 Å². The van der Waals surface area contributed by atoms with Crippen LogP contribution < -0.4 is 0 Å². The minimum Gasteiger partial charge on any atom is -0.373 e. The van der Waals surface area contributed by atoms with Crippen LogP contribution in [0.2, 0.25) is 0 Å². The van der Waals surface area contributed by atoms with E-state index in [1.165, 1.54) is 12.8 Å². The quantitative estimate of drug-likeness (QED) is 0.846. The van der Waals surface area contributed by atoms with Gasteiger partial charge in [0, 0.05) is 31.9 Å². The number of aryl methyl sites for hydroxylation is 1. The predicted molar refractivity (Wildman–Crippen MR) is 83.6 cm³/mol. The number of H-pyrrole nitrogens is 1. The molecule has 2 heterocycles. The Labute approximate surface area is 131 Å². The molecule has 1 atom stereocenters. The van der Waals surface area contributed by atoms with E-state index in [9.17, 15) is 4.79 Å². The Bertz CT molecular complexity index is 512. The first-order chi connectivity index (χ1) is 10.6. The van der Waals surface area contributed by atoms with Crippen LogP contribution in [0, 0.1) is 12.8 Å². The Hall–Kier alpha value is -1.40. The number of likely N-dealkylation sites (N-methyl/N-ethyl adjacent to an activating group) is 1. The number of hydrogen-bond acceptors (Lipinski definition) is 4. The van der Waals surface area contributed by atoms with Gasteiger partial charge in [0.25, 0.3) is 0 Å². The normalized spacial score (nSPS) is 22.3. The lowest BCUT2D eigenvalue weighted by atomic mass is 10.2. The van der Waals surface area contributed by atoms with Gasteiger partial charge in [-0.3, -0.25) is 9.89 Å². The summed E-state index contributed by atoms with van der Waals surface area (Å²) in [4.78, 5) is 16.7. The Morgan fingerprint density at radius 3 is 3.00 bits per heavy atom. The molecule has 2 aliphatic rings. The van der Waals surface area contributed by atoms with E-state index in [4.69, 9.17) is 4.74 Å². The van der Waals surface area contributed by atoms with Crippen molar-refractivity contribution in [1.82, 2.24) is 20.0 Å². The van der Waals surface area contributed by atoms with Gasteiger partial charge in [-0.25, -0.2) is 0 Å². The molecule has 0 radical (unpaired) electrons. The van der Waals surface area contributed by atoms with Gasteiger partial charge in [-0.2, -0.15) is 5.10 Å². The fraction of sp³-hybridized carbons (Fsp3) is 0.750. The fourth-order valence-corrected chi connectivity index (χ4v) is 3.05. The van der Waals surface area contributed by atoms with E-state index in [1.807, 2.05) is 17.9 Å². The average Bonchev–Trinajstić information content (AvgIpc) is 3.20. The number of morpholine rings is 1. The van der Waals surface area contributed by atoms with Crippen LogP contribution in [0.3, 0.4) is 0 Å². The third-order valence-electron chi connectivity index (χ3n) is 4.36. The Balaban J connectivity index is 1.47. The molecule has 22 heavy (non-hydrogen) atoms. The minimum atomic E-state index is 0.127. The highest BCUT2D eigenvalue weighted by Gasteiger charge is 2.28. The van der Waals surface area contributed by atoms with Crippen molar-refractivity contribution in [3.63, 3.8) is 0 Å². The molecular weight excluding hydrogens is 280 g/mol. The number of aromatic nitrogens is 2. The summed E-state index contributed by atoms with van der Waals surface area (Å²) in [5.74, 6) is 1.03. The number of carbonyl (C=O) groups is 1. The van der Waals surface area contributed by atoms with E-state index >= 15 is 0 Å². The molecule has 1 N–H and O–H groups in total. The first kappa shape index (κ1) is 15.5. The van der Waals surface area contributed by atoms with Crippen molar-refractivity contribution in [2.24, 2.45) is 5.92 Å². The molecule has 1 amide bonds. The van der Waals surface area contributed by atoms with Crippen molar-refractivity contribution >= 4 is 5.91 Å². The number of ether oxygens (including phenoxy) is 1. The zero-order valence-electron chi connectivity index (χ0n) is 13.5. The Kier molecular flexibility index (Phi) is 4.78. The smallest absolute Gasteiger partial charge is 0.228 e. The molecule has 3 rings (SSSR count). The van der Waals surface area contributed by atoms with Crippen molar-refractivity contribution in [1.29, 1.82) is 0 Å². The van der Waals surface area contributed by atoms with E-state index in [1.54, 1.807) is 0 Å². The number of rotatable bonds is 6. The SMILES string of the molecule is Cc1cc(CC(=O)N2CCO[C@H](CN(C)CC3CC3)C2)n[nH]1. The van der Waals surface area contributed by atoms with Gasteiger partial charge in [0.05, 0.1) is 24.8 Å². The van der Waals surface area contributed by atoms with Gasteiger partial charge in [-0.15, -0.1) is 0 Å². The molecule has 1 aromatic heterocycles. The van der Waals surface area contributed by atoms with E-state index in [0.717, 1.165) is 30.4 Å². The molecule has 1 saturated heterocycles. The Morgan fingerprint density at radius 1 is 1.50 bits per heavy atom. The van der Waals surface area contributed by atoms with Gasteiger partial charge in [0.2, 0.25) is 5.91 Å². The zero-order chi connectivity index (χ0) is 15.5. The highest BCUT2D eigenvalue weighted by molar-refractivity contribution is 5.78. The van der Waals surface area contributed by atoms with Crippen LogP contribution in [0.15, 0.2) is 6.07 Å². The molecule has 0 aromatic carbocycles. The minimum absolute atomic E-state index is 0.127. The molecular formula is C16H26N4O2. The Morgan fingerprint density at radius 2 is 2.32 bits per heavy atom. The summed E-state index contributed by atoms with van der Waals surface area (Å²) in [7, 11) is 2.15. The summed E-state index contributed by atoms with van der Waals surface area (Å²) >= 11 is 0. The third kappa shape index (κ3) is 4.30. The lowest BCUT2D eigenvalue weighted by Crippen LogP contribution is -2.49. The molecule has 6 nitrogen and oxygen atoms in total. The second kappa shape index (κ2) is 6.79. The standard InChI is InChI=1S/C16H26N4O2/c1-12-7-14(18-17-12)8-16(21)20-5-6-22-15(11-20)10-19(2)9-13-3-4-13/h7,13,15H,3-6,8-11H2,1-2H3,(H,17,18)/t15-/m1/s1. The molecule has 6 heteroatoms. The van der Waals surface area contributed by atoms with Gasteiger partial charge >= 0.3 is 0 Å². The number of aromatic amines is 1. The summed E-state index contributed by atoms with van der Waals surface area (Å²) < 4.78 is 5.83. The molecule has 1 aliphatic heterocycles. The van der Waals surface area contributed by atoms with Crippen LogP contribution in [0.1, 0.15) is 24.2 Å². The molecule has 1 aromatic rings. The molecule has 2 fully saturated rings. The van der Waals surface area contributed by atoms with Gasteiger partial charge in [0.1, 0.15) is 0 Å². The number of nitrogens with one attached hydrogen (secondary N) is 1. The lowest BCUT2D eigenvalue weighted by molar-refractivity contribution is -0.138. The second-order valence-electron chi connectivity index (χ2n) is 6.72. The highest BCUT2D eigenvalue weighted by Crippen LogP contribution is 2.29. The summed E-state index contributed by atoms with van der Waals surface area (Å²) in [5, 5.41) is 7.03. The summed E-state index contributed by atoms with van der Waals surface area (Å²) in [6, 6.07) is 1.93. The monoisotopic (exact) mass is 306 g/mol. The van der Waals surface area contributed by atoms with Gasteiger partial charge in [0.15, 0.2) is 0 Å². The topological polar surface area (TPSA) is 61.5 Å². The molecule has 122 valence electrons. The van der Waals surface area contributed by atoms with Crippen LogP contribution in [0.4, 0.5) is 0 Å². The van der Waals surface area contributed by atoms with Crippen molar-refractivity contribution in [3.05, 3.63) is 17.5 Å². The maximum atomic E-state index is 12.4. The van der Waals surface area contributed by atoms with E-state index in [0.29, 0.717) is 26.1 Å². The lowest BCUT2D eigenvalue weighted by Gasteiger charge is -2.35. The number of carbonyl (C=O) groups excluding carboxylic acids is 1. The summed E-state index contributed by atoms with van der Waals surface area (Å²) in [5.41, 5.74) is 1.81. The largest absolute Gasteiger partial charge is 0.373 e. The second-order valence-corrected chi connectivity index (χ2v) is 6.72. The maximum Gasteiger partial charge on any atom is 0.228 e. The van der Waals surface area contributed by atoms with Crippen molar-refractivity contribution < 1.29 is 9.53 Å². The number of nitrogens with zero attached hydrogens (tertiary/aromatic N) is 3. The van der Waals surface area contributed by atoms with Gasteiger partial charge in [-0.1, -0.05) is 0 Å². The summed E-state index contributed by atoms with van der Waals surface area (Å²) in [6.45, 7) is 6.01. The molecule has 1 saturated carbocycles. The zero-order valence-corrected chi connectivity index (χ0v) is 13.5. The van der Waals surface area contributed by atoms with E-state index in [2.05, 4.69) is 22.1 Å². The first-order valence-electron chi connectivity index (χ1n) is 8.19. The first-order valence-corrected chi connectivity index (χ1v) is 8.19. The van der Waals surface area contributed by atoms with Crippen molar-refractivity contribution in [3.8, 4) is 0 Å². The molecule has 0 bridgehead atoms. The van der Waals surface area contributed by atoms with E-state index < -0.39 is 0 Å². The molecule has 1 aliphatic carbocycles. The number of hydrogen-bond donors (Lipinski definition) is 1. The predicted octanol–water partition coefficient (Wildman–Crippen LogP) is 0.830. The highest BCUT2D eigenvalue weighted by atomic mass is 16.5. The van der Waals surface area contributed by atoms with Crippen LogP contribution in [0.25, 0.3) is 0 Å². The summed E-state index contributed by atoms with van der Waals surface area (Å²) in [6.07, 6.45) is 3.23. The van der Waals surface area contributed by atoms with Crippen LogP contribution in [-0.2, 0) is 16.0 Å². The van der Waals surface area contributed by atoms with Crippen LogP contribution in [0.5, 0.6) is 0 Å². The third-order valence-corrected chi connectivity index (χ3v) is 4.36. The maximum absolute atomic E-state index is 12.4. The number of amides is 1. The van der Waals surface area contributed by atoms with Crippen molar-refractivity contribution in [2.75, 3.05) is 39.8 Å². The average molecular weight is 306 g/mol.